The van der Waals surface area contributed by atoms with E-state index in [1.807, 2.05) is 0 Å². The van der Waals surface area contributed by atoms with Crippen molar-refractivity contribution in [1.29, 1.82) is 0 Å². The number of carboxylic acids is 1. The first-order valence-electron chi connectivity index (χ1n) is 7.15. The second-order valence-corrected chi connectivity index (χ2v) is 7.23. The number of rotatable bonds is 8. The van der Waals surface area contributed by atoms with E-state index in [4.69, 9.17) is 5.11 Å². The Morgan fingerprint density at radius 2 is 2.00 bits per heavy atom. The molecule has 0 spiro atoms. The van der Waals surface area contributed by atoms with E-state index >= 15 is 0 Å². The highest BCUT2D eigenvalue weighted by atomic mass is 32.2. The van der Waals surface area contributed by atoms with Crippen LogP contribution in [0.3, 0.4) is 0 Å². The van der Waals surface area contributed by atoms with Crippen LogP contribution in [0.25, 0.3) is 0 Å². The Labute approximate surface area is 125 Å². The van der Waals surface area contributed by atoms with Crippen molar-refractivity contribution in [2.45, 2.75) is 51.0 Å². The number of carboxylic acid groups (broad SMARTS) is 1. The maximum absolute atomic E-state index is 12.3. The van der Waals surface area contributed by atoms with Crippen LogP contribution < -0.4 is 0 Å². The zero-order valence-corrected chi connectivity index (χ0v) is 13.1. The van der Waals surface area contributed by atoms with Crippen molar-refractivity contribution in [3.05, 3.63) is 0 Å². The molecule has 1 unspecified atom stereocenters. The van der Waals surface area contributed by atoms with E-state index in [0.717, 1.165) is 12.8 Å². The number of carbonyl (C=O) groups excluding carboxylic acids is 1. The highest BCUT2D eigenvalue weighted by Crippen LogP contribution is 2.24. The van der Waals surface area contributed by atoms with Crippen molar-refractivity contribution in [3.8, 4) is 0 Å². The van der Waals surface area contributed by atoms with E-state index in [1.165, 1.54) is 11.4 Å². The van der Waals surface area contributed by atoms with Crippen molar-refractivity contribution in [2.24, 2.45) is 0 Å². The fourth-order valence-electron chi connectivity index (χ4n) is 2.54. The summed E-state index contributed by atoms with van der Waals surface area (Å²) in [6, 6.07) is -0.238. The number of nitrogens with zero attached hydrogens (tertiary/aromatic N) is 1. The molecule has 0 radical (unpaired) electrons. The van der Waals surface area contributed by atoms with Crippen LogP contribution in [0.4, 0.5) is 0 Å². The number of ether oxygens (including phenoxy) is 1. The summed E-state index contributed by atoms with van der Waals surface area (Å²) in [4.78, 5) is 21.7. The Kier molecular flexibility index (Phi) is 7.10. The fourth-order valence-corrected chi connectivity index (χ4v) is 4.35. The van der Waals surface area contributed by atoms with Gasteiger partial charge in [-0.25, -0.2) is 8.42 Å². The lowest BCUT2D eigenvalue weighted by Gasteiger charge is -2.34. The molecule has 7 nitrogen and oxygen atoms in total. The molecule has 1 fully saturated rings. The molecule has 1 N–H and O–H groups in total. The highest BCUT2D eigenvalue weighted by Gasteiger charge is 2.32. The van der Waals surface area contributed by atoms with E-state index in [9.17, 15) is 18.0 Å². The molecule has 0 aromatic carbocycles. The van der Waals surface area contributed by atoms with Gasteiger partial charge in [0.15, 0.2) is 0 Å². The van der Waals surface area contributed by atoms with Gasteiger partial charge in [0, 0.05) is 25.4 Å². The lowest BCUT2D eigenvalue weighted by Crippen LogP contribution is -2.45. The summed E-state index contributed by atoms with van der Waals surface area (Å²) in [7, 11) is -2.18. The van der Waals surface area contributed by atoms with Gasteiger partial charge in [-0.2, -0.15) is 4.31 Å². The van der Waals surface area contributed by atoms with Crippen LogP contribution in [0.15, 0.2) is 0 Å². The van der Waals surface area contributed by atoms with Gasteiger partial charge in [0.25, 0.3) is 0 Å². The molecule has 8 heteroatoms. The predicted molar refractivity (Wildman–Crippen MR) is 76.3 cm³/mol. The van der Waals surface area contributed by atoms with Crippen molar-refractivity contribution in [2.75, 3.05) is 19.4 Å². The monoisotopic (exact) mass is 321 g/mol. The van der Waals surface area contributed by atoms with Crippen LogP contribution in [0.5, 0.6) is 0 Å². The van der Waals surface area contributed by atoms with Gasteiger partial charge in [-0.15, -0.1) is 0 Å². The highest BCUT2D eigenvalue weighted by molar-refractivity contribution is 7.89. The van der Waals surface area contributed by atoms with Gasteiger partial charge in [-0.05, 0) is 25.7 Å². The normalized spacial score (nSPS) is 20.1. The summed E-state index contributed by atoms with van der Waals surface area (Å²) in [5.74, 6) is -1.44. The molecule has 1 atom stereocenters. The summed E-state index contributed by atoms with van der Waals surface area (Å²) in [5, 5.41) is 8.74. The number of esters is 1. The van der Waals surface area contributed by atoms with Gasteiger partial charge in [0.05, 0.1) is 12.9 Å². The Hall–Kier alpha value is -1.15. The molecule has 0 bridgehead atoms. The number of methoxy groups -OCH3 is 1. The van der Waals surface area contributed by atoms with Crippen molar-refractivity contribution in [3.63, 3.8) is 0 Å². The summed E-state index contributed by atoms with van der Waals surface area (Å²) in [6.45, 7) is 0.435. The molecular weight excluding hydrogens is 298 g/mol. The van der Waals surface area contributed by atoms with Crippen molar-refractivity contribution >= 4 is 22.0 Å². The Balaban J connectivity index is 2.59. The molecule has 0 aromatic rings. The first-order valence-corrected chi connectivity index (χ1v) is 8.76. The third kappa shape index (κ3) is 6.01. The summed E-state index contributed by atoms with van der Waals surface area (Å²) in [5.41, 5.74) is 0. The van der Waals surface area contributed by atoms with Crippen LogP contribution in [0.1, 0.15) is 44.9 Å². The topological polar surface area (TPSA) is 101 Å². The standard InChI is InChI=1S/C13H23NO6S/c1-20-13(17)6-4-10-21(18,19)14-9-3-2-5-11(14)7-8-12(15)16/h11H,2-10H2,1H3,(H,15,16). The van der Waals surface area contributed by atoms with E-state index in [2.05, 4.69) is 4.74 Å². The fraction of sp³-hybridized carbons (Fsp3) is 0.846. The quantitative estimate of drug-likeness (QED) is 0.669. The maximum Gasteiger partial charge on any atom is 0.305 e. The summed E-state index contributed by atoms with van der Waals surface area (Å²) < 4.78 is 30.6. The first kappa shape index (κ1) is 17.9. The van der Waals surface area contributed by atoms with Crippen molar-refractivity contribution in [1.82, 2.24) is 4.31 Å². The summed E-state index contributed by atoms with van der Waals surface area (Å²) >= 11 is 0. The van der Waals surface area contributed by atoms with Crippen LogP contribution in [0, 0.1) is 0 Å². The molecular formula is C13H23NO6S. The molecule has 0 aliphatic carbocycles. The minimum absolute atomic E-state index is 0.0289. The Morgan fingerprint density at radius 1 is 1.29 bits per heavy atom. The lowest BCUT2D eigenvalue weighted by atomic mass is 10.0. The molecule has 1 aliphatic rings. The third-order valence-electron chi connectivity index (χ3n) is 3.63. The maximum atomic E-state index is 12.3. The van der Waals surface area contributed by atoms with Gasteiger partial charge in [0.2, 0.25) is 10.0 Å². The average molecular weight is 321 g/mol. The zero-order chi connectivity index (χ0) is 15.9. The second-order valence-electron chi connectivity index (χ2n) is 5.19. The lowest BCUT2D eigenvalue weighted by molar-refractivity contribution is -0.140. The molecule has 1 rings (SSSR count). The van der Waals surface area contributed by atoms with Crippen LogP contribution in [0.2, 0.25) is 0 Å². The number of piperidine rings is 1. The predicted octanol–water partition coefficient (Wildman–Crippen LogP) is 0.989. The number of carbonyl (C=O) groups is 2. The van der Waals surface area contributed by atoms with Gasteiger partial charge in [0.1, 0.15) is 0 Å². The molecule has 21 heavy (non-hydrogen) atoms. The van der Waals surface area contributed by atoms with Gasteiger partial charge < -0.3 is 9.84 Å². The van der Waals surface area contributed by atoms with E-state index < -0.39 is 22.0 Å². The number of sulfonamides is 1. The van der Waals surface area contributed by atoms with Gasteiger partial charge in [-0.3, -0.25) is 9.59 Å². The minimum Gasteiger partial charge on any atom is -0.481 e. The van der Waals surface area contributed by atoms with Crippen LogP contribution in [-0.4, -0.2) is 55.2 Å². The number of hydrogen-bond donors (Lipinski definition) is 1. The minimum atomic E-state index is -3.45. The van der Waals surface area contributed by atoms with Crippen LogP contribution in [-0.2, 0) is 24.3 Å². The van der Waals surface area contributed by atoms with Gasteiger partial charge in [-0.1, -0.05) is 6.42 Å². The first-order chi connectivity index (χ1) is 9.86. The second kappa shape index (κ2) is 8.33. The van der Waals surface area contributed by atoms with E-state index in [-0.39, 0.29) is 31.1 Å². The number of hydrogen-bond acceptors (Lipinski definition) is 5. The molecule has 1 heterocycles. The SMILES string of the molecule is COC(=O)CCCS(=O)(=O)N1CCCCC1CCC(=O)O. The summed E-state index contributed by atoms with van der Waals surface area (Å²) in [6.07, 6.45) is 3.01. The molecule has 0 amide bonds. The Bertz CT molecular complexity index is 461. The molecule has 0 aromatic heterocycles. The number of aliphatic carboxylic acids is 1. The average Bonchev–Trinajstić information content (AvgIpc) is 2.45. The smallest absolute Gasteiger partial charge is 0.305 e. The molecule has 122 valence electrons. The molecule has 0 saturated carbocycles. The van der Waals surface area contributed by atoms with Gasteiger partial charge >= 0.3 is 11.9 Å². The van der Waals surface area contributed by atoms with Crippen LogP contribution >= 0.6 is 0 Å². The molecule has 1 aliphatic heterocycles. The molecule has 1 saturated heterocycles. The zero-order valence-electron chi connectivity index (χ0n) is 12.3. The third-order valence-corrected chi connectivity index (χ3v) is 5.63. The Morgan fingerprint density at radius 3 is 2.62 bits per heavy atom. The van der Waals surface area contributed by atoms with E-state index in [1.54, 1.807) is 0 Å². The van der Waals surface area contributed by atoms with E-state index in [0.29, 0.717) is 19.4 Å². The van der Waals surface area contributed by atoms with Crippen molar-refractivity contribution < 1.29 is 27.9 Å². The largest absolute Gasteiger partial charge is 0.481 e.